The molecule has 0 spiro atoms. The van der Waals surface area contributed by atoms with E-state index in [1.54, 1.807) is 22.9 Å². The highest BCUT2D eigenvalue weighted by Gasteiger charge is 2.32. The first-order valence-electron chi connectivity index (χ1n) is 7.81. The average molecular weight is 419 g/mol. The van der Waals surface area contributed by atoms with Crippen molar-refractivity contribution in [2.45, 2.75) is 18.8 Å². The van der Waals surface area contributed by atoms with E-state index in [2.05, 4.69) is 26.0 Å². The van der Waals surface area contributed by atoms with Gasteiger partial charge in [0.2, 0.25) is 0 Å². The predicted octanol–water partition coefficient (Wildman–Crippen LogP) is 4.78. The maximum absolute atomic E-state index is 12.5. The van der Waals surface area contributed by atoms with Crippen molar-refractivity contribution < 1.29 is 9.53 Å². The largest absolute Gasteiger partial charge is 0.419 e. The molecule has 0 radical (unpaired) electrons. The summed E-state index contributed by atoms with van der Waals surface area (Å²) in [7, 11) is 0. The van der Waals surface area contributed by atoms with Gasteiger partial charge < -0.3 is 4.74 Å². The van der Waals surface area contributed by atoms with Gasteiger partial charge in [0.15, 0.2) is 0 Å². The van der Waals surface area contributed by atoms with Gasteiger partial charge in [-0.25, -0.2) is 14.5 Å². The maximum atomic E-state index is 12.5. The molecule has 5 nitrogen and oxygen atoms in total. The van der Waals surface area contributed by atoms with E-state index in [1.807, 2.05) is 30.3 Å². The van der Waals surface area contributed by atoms with Crippen LogP contribution in [0.15, 0.2) is 53.0 Å². The number of hydrogen-bond donors (Lipinski definition) is 0. The molecule has 1 saturated carbocycles. The van der Waals surface area contributed by atoms with Crippen LogP contribution in [0.2, 0.25) is 5.02 Å². The Bertz CT molecular complexity index is 939. The molecule has 3 aromatic rings. The second-order valence-electron chi connectivity index (χ2n) is 5.78. The highest BCUT2D eigenvalue weighted by Crippen LogP contribution is 2.39. The number of nitrogens with zero attached hydrogens (tertiary/aromatic N) is 3. The summed E-state index contributed by atoms with van der Waals surface area (Å²) in [6.07, 6.45) is 2.12. The number of ether oxygens (including phenoxy) is 1. The average Bonchev–Trinajstić information content (AvgIpc) is 3.36. The van der Waals surface area contributed by atoms with E-state index in [0.717, 1.165) is 24.4 Å². The van der Waals surface area contributed by atoms with E-state index in [9.17, 15) is 4.79 Å². The van der Waals surface area contributed by atoms with E-state index in [1.165, 1.54) is 0 Å². The summed E-state index contributed by atoms with van der Waals surface area (Å²) >= 11 is 9.24. The molecule has 1 aliphatic rings. The first kappa shape index (κ1) is 16.3. The van der Waals surface area contributed by atoms with Gasteiger partial charge in [0, 0.05) is 10.9 Å². The lowest BCUT2D eigenvalue weighted by molar-refractivity contribution is 0.0720. The van der Waals surface area contributed by atoms with Crippen molar-refractivity contribution >= 4 is 33.5 Å². The molecule has 0 atom stereocenters. The van der Waals surface area contributed by atoms with Gasteiger partial charge in [0.25, 0.3) is 5.82 Å². The van der Waals surface area contributed by atoms with Crippen LogP contribution in [0.4, 0.5) is 0 Å². The minimum Gasteiger partial charge on any atom is -0.419 e. The third-order valence-electron chi connectivity index (χ3n) is 3.85. The molecule has 0 saturated heterocycles. The Morgan fingerprint density at radius 1 is 1.20 bits per heavy atom. The van der Waals surface area contributed by atoms with Gasteiger partial charge in [0.1, 0.15) is 11.6 Å². The minimum absolute atomic E-state index is 0.0487. The molecule has 1 aromatic heterocycles. The van der Waals surface area contributed by atoms with E-state index < -0.39 is 5.97 Å². The zero-order chi connectivity index (χ0) is 17.4. The van der Waals surface area contributed by atoms with Gasteiger partial charge in [-0.1, -0.05) is 29.8 Å². The summed E-state index contributed by atoms with van der Waals surface area (Å²) < 4.78 is 7.73. The summed E-state index contributed by atoms with van der Waals surface area (Å²) in [5, 5.41) is 4.92. The monoisotopic (exact) mass is 417 g/mol. The van der Waals surface area contributed by atoms with Crippen LogP contribution in [0, 0.1) is 0 Å². The van der Waals surface area contributed by atoms with Crippen LogP contribution in [-0.4, -0.2) is 20.7 Å². The summed E-state index contributed by atoms with van der Waals surface area (Å²) in [6.45, 7) is 0. The third kappa shape index (κ3) is 3.45. The van der Waals surface area contributed by atoms with Crippen molar-refractivity contribution in [3.8, 4) is 11.4 Å². The van der Waals surface area contributed by atoms with Crippen molar-refractivity contribution in [3.63, 3.8) is 0 Å². The molecule has 0 amide bonds. The maximum Gasteiger partial charge on any atom is 0.383 e. The number of halogens is 2. The molecule has 1 fully saturated rings. The Morgan fingerprint density at radius 2 is 1.96 bits per heavy atom. The number of hydrogen-bond acceptors (Lipinski definition) is 4. The number of carbonyl (C=O) groups excluding carboxylic acids is 1. The van der Waals surface area contributed by atoms with Crippen molar-refractivity contribution in [1.82, 2.24) is 14.8 Å². The molecule has 2 aromatic carbocycles. The van der Waals surface area contributed by atoms with Gasteiger partial charge in [-0.3, -0.25) is 0 Å². The normalized spacial score (nSPS) is 13.7. The lowest BCUT2D eigenvalue weighted by atomic mass is 10.3. The predicted molar refractivity (Wildman–Crippen MR) is 97.4 cm³/mol. The molecular formula is C18H13BrClN3O2. The summed E-state index contributed by atoms with van der Waals surface area (Å²) in [5.41, 5.74) is 0.878. The topological polar surface area (TPSA) is 57.0 Å². The quantitative estimate of drug-likeness (QED) is 0.452. The lowest BCUT2D eigenvalue weighted by Gasteiger charge is -2.04. The molecule has 0 aliphatic heterocycles. The van der Waals surface area contributed by atoms with Crippen molar-refractivity contribution in [2.75, 3.05) is 0 Å². The second-order valence-corrected chi connectivity index (χ2v) is 7.07. The Labute approximate surface area is 157 Å². The van der Waals surface area contributed by atoms with Gasteiger partial charge in [0.05, 0.1) is 10.2 Å². The van der Waals surface area contributed by atoms with Crippen LogP contribution < -0.4 is 4.74 Å². The van der Waals surface area contributed by atoms with Gasteiger partial charge in [-0.2, -0.15) is 0 Å². The van der Waals surface area contributed by atoms with Crippen LogP contribution >= 0.6 is 27.5 Å². The number of para-hydroxylation sites is 1. The molecule has 25 heavy (non-hydrogen) atoms. The van der Waals surface area contributed by atoms with Crippen LogP contribution in [-0.2, 0) is 0 Å². The molecule has 0 N–H and O–H groups in total. The fourth-order valence-corrected chi connectivity index (χ4v) is 3.24. The Kier molecular flexibility index (Phi) is 4.31. The smallest absolute Gasteiger partial charge is 0.383 e. The van der Waals surface area contributed by atoms with Crippen LogP contribution in [0.3, 0.4) is 0 Å². The fraction of sp³-hybridized carbons (Fsp3) is 0.167. The Hall–Kier alpha value is -2.18. The Balaban J connectivity index is 1.65. The summed E-state index contributed by atoms with van der Waals surface area (Å²) in [6, 6.07) is 14.6. The second kappa shape index (κ2) is 6.61. The minimum atomic E-state index is -0.598. The van der Waals surface area contributed by atoms with E-state index in [0.29, 0.717) is 21.2 Å². The van der Waals surface area contributed by atoms with Crippen LogP contribution in [0.5, 0.6) is 5.75 Å². The summed E-state index contributed by atoms with van der Waals surface area (Å²) in [5.74, 6) is 0.968. The van der Waals surface area contributed by atoms with E-state index >= 15 is 0 Å². The number of carbonyl (C=O) groups is 1. The van der Waals surface area contributed by atoms with Crippen molar-refractivity contribution in [1.29, 1.82) is 0 Å². The molecule has 1 aliphatic carbocycles. The zero-order valence-corrected chi connectivity index (χ0v) is 15.4. The highest BCUT2D eigenvalue weighted by atomic mass is 79.9. The number of esters is 1. The van der Waals surface area contributed by atoms with Crippen molar-refractivity contribution in [2.24, 2.45) is 0 Å². The van der Waals surface area contributed by atoms with Gasteiger partial charge in [-0.05, 0) is 59.1 Å². The highest BCUT2D eigenvalue weighted by molar-refractivity contribution is 9.10. The molecule has 1 heterocycles. The van der Waals surface area contributed by atoms with E-state index in [4.69, 9.17) is 16.3 Å². The standard InChI is InChI=1S/C18H13BrClN3O2/c19-14-10-12(20)8-9-15(14)25-18(24)16-21-17(11-6-7-11)23(22-16)13-4-2-1-3-5-13/h1-5,8-11H,6-7H2. The molecule has 4 rings (SSSR count). The number of aromatic nitrogens is 3. The first-order chi connectivity index (χ1) is 12.1. The lowest BCUT2D eigenvalue weighted by Crippen LogP contribution is -2.11. The third-order valence-corrected chi connectivity index (χ3v) is 4.71. The van der Waals surface area contributed by atoms with Crippen molar-refractivity contribution in [3.05, 3.63) is 69.7 Å². The molecule has 7 heteroatoms. The zero-order valence-electron chi connectivity index (χ0n) is 13.0. The first-order valence-corrected chi connectivity index (χ1v) is 8.98. The van der Waals surface area contributed by atoms with Crippen LogP contribution in [0.25, 0.3) is 5.69 Å². The molecule has 0 unspecified atom stereocenters. The molecular weight excluding hydrogens is 406 g/mol. The van der Waals surface area contributed by atoms with Crippen LogP contribution in [0.1, 0.15) is 35.2 Å². The number of benzene rings is 2. The van der Waals surface area contributed by atoms with Gasteiger partial charge in [-0.15, -0.1) is 5.10 Å². The van der Waals surface area contributed by atoms with E-state index in [-0.39, 0.29) is 5.82 Å². The van der Waals surface area contributed by atoms with Gasteiger partial charge >= 0.3 is 5.97 Å². The molecule has 126 valence electrons. The Morgan fingerprint density at radius 3 is 2.64 bits per heavy atom. The fourth-order valence-electron chi connectivity index (χ4n) is 2.48. The summed E-state index contributed by atoms with van der Waals surface area (Å²) in [4.78, 5) is 16.9. The SMILES string of the molecule is O=C(Oc1ccc(Cl)cc1Br)c1nc(C2CC2)n(-c2ccccc2)n1. The number of rotatable bonds is 4. The molecule has 0 bridgehead atoms.